The largest absolute Gasteiger partial charge is 0.352 e. The Labute approximate surface area is 113 Å². The van der Waals surface area contributed by atoms with Gasteiger partial charge in [0.2, 0.25) is 0 Å². The zero-order valence-corrected chi connectivity index (χ0v) is 11.1. The molecule has 1 aromatic heterocycles. The van der Waals surface area contributed by atoms with Crippen LogP contribution in [-0.2, 0) is 0 Å². The van der Waals surface area contributed by atoms with Crippen molar-refractivity contribution in [3.8, 4) is 0 Å². The highest BCUT2D eigenvalue weighted by molar-refractivity contribution is 5.98. The van der Waals surface area contributed by atoms with Crippen molar-refractivity contribution in [3.63, 3.8) is 0 Å². The van der Waals surface area contributed by atoms with E-state index >= 15 is 0 Å². The molecule has 0 radical (unpaired) electrons. The molecule has 5 heteroatoms. The van der Waals surface area contributed by atoms with Gasteiger partial charge in [0.15, 0.2) is 0 Å². The second kappa shape index (κ2) is 8.02. The molecule has 0 saturated carbocycles. The third-order valence-corrected chi connectivity index (χ3v) is 2.48. The Balaban J connectivity index is 2.68. The first-order valence-electron chi connectivity index (χ1n) is 6.32. The summed E-state index contributed by atoms with van der Waals surface area (Å²) in [6.45, 7) is 6.57. The lowest BCUT2D eigenvalue weighted by Crippen LogP contribution is -2.27. The van der Waals surface area contributed by atoms with Gasteiger partial charge in [-0.05, 0) is 18.6 Å². The van der Waals surface area contributed by atoms with Gasteiger partial charge in [-0.15, -0.1) is 6.58 Å². The number of unbranched alkanes of at least 4 members (excludes halogenated alkanes) is 1. The van der Waals surface area contributed by atoms with Crippen molar-refractivity contribution < 1.29 is 9.59 Å². The van der Waals surface area contributed by atoms with Gasteiger partial charge in [0, 0.05) is 24.8 Å². The molecule has 1 rings (SSSR count). The molecule has 102 valence electrons. The zero-order chi connectivity index (χ0) is 14.1. The van der Waals surface area contributed by atoms with Gasteiger partial charge in [-0.2, -0.15) is 0 Å². The first-order chi connectivity index (χ1) is 9.19. The molecule has 2 amide bonds. The Bertz CT molecular complexity index is 458. The third kappa shape index (κ3) is 4.91. The zero-order valence-electron chi connectivity index (χ0n) is 11.1. The topological polar surface area (TPSA) is 71.1 Å². The fraction of sp³-hybridized carbons (Fsp3) is 0.357. The Morgan fingerprint density at radius 3 is 2.84 bits per heavy atom. The Hall–Kier alpha value is -2.17. The molecular weight excluding hydrogens is 242 g/mol. The predicted octanol–water partition coefficient (Wildman–Crippen LogP) is 1.53. The fourth-order valence-electron chi connectivity index (χ4n) is 1.43. The van der Waals surface area contributed by atoms with Crippen LogP contribution in [0.25, 0.3) is 0 Å². The van der Waals surface area contributed by atoms with Crippen LogP contribution in [0.3, 0.4) is 0 Å². The van der Waals surface area contributed by atoms with Gasteiger partial charge in [-0.3, -0.25) is 14.6 Å². The summed E-state index contributed by atoms with van der Waals surface area (Å²) < 4.78 is 0. The number of nitrogens with zero attached hydrogens (tertiary/aromatic N) is 1. The highest BCUT2D eigenvalue weighted by Gasteiger charge is 2.10. The summed E-state index contributed by atoms with van der Waals surface area (Å²) in [6.07, 6.45) is 4.99. The maximum absolute atomic E-state index is 11.8. The van der Waals surface area contributed by atoms with E-state index in [4.69, 9.17) is 0 Å². The third-order valence-electron chi connectivity index (χ3n) is 2.48. The van der Waals surface area contributed by atoms with Crippen LogP contribution in [0.15, 0.2) is 31.0 Å². The molecule has 0 saturated heterocycles. The van der Waals surface area contributed by atoms with Gasteiger partial charge < -0.3 is 10.6 Å². The minimum Gasteiger partial charge on any atom is -0.352 e. The van der Waals surface area contributed by atoms with Crippen LogP contribution >= 0.6 is 0 Å². The average Bonchev–Trinajstić information content (AvgIpc) is 2.45. The lowest BCUT2D eigenvalue weighted by molar-refractivity contribution is 0.0953. The monoisotopic (exact) mass is 261 g/mol. The molecule has 0 aliphatic carbocycles. The van der Waals surface area contributed by atoms with Crippen LogP contribution < -0.4 is 10.6 Å². The summed E-state index contributed by atoms with van der Waals surface area (Å²) in [7, 11) is 0. The van der Waals surface area contributed by atoms with Crippen molar-refractivity contribution in [2.45, 2.75) is 19.8 Å². The molecular formula is C14H19N3O2. The SMILES string of the molecule is C=CCNC(=O)c1cc(C(=O)NCCCC)ccn1. The minimum atomic E-state index is -0.317. The van der Waals surface area contributed by atoms with Crippen molar-refractivity contribution in [3.05, 3.63) is 42.2 Å². The first kappa shape index (κ1) is 14.9. The Kier molecular flexibility index (Phi) is 6.29. The maximum Gasteiger partial charge on any atom is 0.270 e. The summed E-state index contributed by atoms with van der Waals surface area (Å²) in [5.74, 6) is -0.503. The van der Waals surface area contributed by atoms with E-state index in [0.717, 1.165) is 12.8 Å². The number of amides is 2. The quantitative estimate of drug-likeness (QED) is 0.577. The standard InChI is InChI=1S/C14H19N3O2/c1-3-5-8-17-13(18)11-6-9-15-12(10-11)14(19)16-7-4-2/h4,6,9-10H,2-3,5,7-8H2,1H3,(H,16,19)(H,17,18). The summed E-state index contributed by atoms with van der Waals surface area (Å²) in [5.41, 5.74) is 0.667. The number of carbonyl (C=O) groups is 2. The molecule has 0 spiro atoms. The molecule has 2 N–H and O–H groups in total. The number of nitrogens with one attached hydrogen (secondary N) is 2. The lowest BCUT2D eigenvalue weighted by Gasteiger charge is -2.06. The molecule has 0 aromatic carbocycles. The van der Waals surface area contributed by atoms with Crippen LogP contribution in [0, 0.1) is 0 Å². The van der Waals surface area contributed by atoms with Gasteiger partial charge in [-0.1, -0.05) is 19.4 Å². The van der Waals surface area contributed by atoms with Gasteiger partial charge in [-0.25, -0.2) is 0 Å². The van der Waals surface area contributed by atoms with Gasteiger partial charge in [0.1, 0.15) is 5.69 Å². The van der Waals surface area contributed by atoms with E-state index in [1.54, 1.807) is 12.1 Å². The number of aromatic nitrogens is 1. The van der Waals surface area contributed by atoms with Crippen molar-refractivity contribution in [1.82, 2.24) is 15.6 Å². The molecule has 0 fully saturated rings. The lowest BCUT2D eigenvalue weighted by atomic mass is 10.2. The molecule has 0 aliphatic rings. The summed E-state index contributed by atoms with van der Waals surface area (Å²) in [5, 5.41) is 5.41. The number of hydrogen-bond donors (Lipinski definition) is 2. The van der Waals surface area contributed by atoms with Crippen LogP contribution in [0.2, 0.25) is 0 Å². The Morgan fingerprint density at radius 2 is 2.16 bits per heavy atom. The van der Waals surface area contributed by atoms with Crippen LogP contribution in [-0.4, -0.2) is 29.9 Å². The molecule has 1 heterocycles. The second-order valence-electron chi connectivity index (χ2n) is 4.04. The highest BCUT2D eigenvalue weighted by atomic mass is 16.2. The summed E-state index contributed by atoms with van der Waals surface area (Å²) in [4.78, 5) is 27.5. The van der Waals surface area contributed by atoms with Gasteiger partial charge >= 0.3 is 0 Å². The number of pyridine rings is 1. The van der Waals surface area contributed by atoms with E-state index in [9.17, 15) is 9.59 Å². The fourth-order valence-corrected chi connectivity index (χ4v) is 1.43. The molecule has 19 heavy (non-hydrogen) atoms. The summed E-state index contributed by atoms with van der Waals surface area (Å²) >= 11 is 0. The van der Waals surface area contributed by atoms with E-state index in [-0.39, 0.29) is 17.5 Å². The molecule has 0 atom stereocenters. The first-order valence-corrected chi connectivity index (χ1v) is 6.32. The number of rotatable bonds is 7. The maximum atomic E-state index is 11.8. The van der Waals surface area contributed by atoms with Crippen LogP contribution in [0.1, 0.15) is 40.6 Å². The van der Waals surface area contributed by atoms with Crippen LogP contribution in [0.5, 0.6) is 0 Å². The van der Waals surface area contributed by atoms with E-state index in [2.05, 4.69) is 29.1 Å². The molecule has 0 unspecified atom stereocenters. The smallest absolute Gasteiger partial charge is 0.270 e. The van der Waals surface area contributed by atoms with E-state index < -0.39 is 0 Å². The van der Waals surface area contributed by atoms with Crippen molar-refractivity contribution >= 4 is 11.8 Å². The van der Waals surface area contributed by atoms with E-state index in [1.807, 2.05) is 0 Å². The normalized spacial score (nSPS) is 9.74. The molecule has 0 bridgehead atoms. The van der Waals surface area contributed by atoms with E-state index in [0.29, 0.717) is 18.7 Å². The van der Waals surface area contributed by atoms with E-state index in [1.165, 1.54) is 12.3 Å². The van der Waals surface area contributed by atoms with Gasteiger partial charge in [0.25, 0.3) is 11.8 Å². The molecule has 5 nitrogen and oxygen atoms in total. The molecule has 1 aromatic rings. The van der Waals surface area contributed by atoms with Gasteiger partial charge in [0.05, 0.1) is 0 Å². The number of carbonyl (C=O) groups excluding carboxylic acids is 2. The number of hydrogen-bond acceptors (Lipinski definition) is 3. The van der Waals surface area contributed by atoms with Crippen LogP contribution in [0.4, 0.5) is 0 Å². The average molecular weight is 261 g/mol. The highest BCUT2D eigenvalue weighted by Crippen LogP contribution is 2.02. The second-order valence-corrected chi connectivity index (χ2v) is 4.04. The predicted molar refractivity (Wildman–Crippen MR) is 74.0 cm³/mol. The minimum absolute atomic E-state index is 0.186. The Morgan fingerprint density at radius 1 is 1.37 bits per heavy atom. The van der Waals surface area contributed by atoms with Crippen molar-refractivity contribution in [2.24, 2.45) is 0 Å². The summed E-state index contributed by atoms with van der Waals surface area (Å²) in [6, 6.07) is 3.07. The van der Waals surface area contributed by atoms with Crippen molar-refractivity contribution in [2.75, 3.05) is 13.1 Å². The molecule has 0 aliphatic heterocycles. The van der Waals surface area contributed by atoms with Crippen molar-refractivity contribution in [1.29, 1.82) is 0 Å².